The molecule has 0 saturated carbocycles. The highest BCUT2D eigenvalue weighted by atomic mass is 35.5. The summed E-state index contributed by atoms with van der Waals surface area (Å²) in [6, 6.07) is 28.9. The van der Waals surface area contributed by atoms with Gasteiger partial charge in [0.05, 0.1) is 49.8 Å². The van der Waals surface area contributed by atoms with Gasteiger partial charge in [-0.25, -0.2) is 19.7 Å². The van der Waals surface area contributed by atoms with Gasteiger partial charge in [-0.2, -0.15) is 9.97 Å². The van der Waals surface area contributed by atoms with Crippen molar-refractivity contribution in [3.63, 3.8) is 0 Å². The zero-order chi connectivity index (χ0) is 56.3. The molecule has 22 heteroatoms. The first-order valence-electron chi connectivity index (χ1n) is 24.7. The van der Waals surface area contributed by atoms with Gasteiger partial charge in [-0.1, -0.05) is 49.6 Å². The Bertz CT molecular complexity index is 3050. The third-order valence-corrected chi connectivity index (χ3v) is 12.3. The van der Waals surface area contributed by atoms with Crippen LogP contribution in [0.25, 0.3) is 0 Å². The van der Waals surface area contributed by atoms with Gasteiger partial charge in [0.25, 0.3) is 0 Å². The average molecular weight is 1080 g/mol. The minimum atomic E-state index is -0.458. The topological polar surface area (TPSA) is 210 Å². The molecule has 3 heterocycles. The summed E-state index contributed by atoms with van der Waals surface area (Å²) in [5, 5.41) is 14.9. The van der Waals surface area contributed by atoms with Crippen LogP contribution in [-0.4, -0.2) is 143 Å². The van der Waals surface area contributed by atoms with E-state index >= 15 is 0 Å². The first kappa shape index (κ1) is 58.3. The van der Waals surface area contributed by atoms with Crippen molar-refractivity contribution in [2.75, 3.05) is 137 Å². The van der Waals surface area contributed by atoms with Gasteiger partial charge in [-0.05, 0) is 99.5 Å². The van der Waals surface area contributed by atoms with Gasteiger partial charge < -0.3 is 65.3 Å². The molecule has 2 aromatic heterocycles. The van der Waals surface area contributed by atoms with Crippen molar-refractivity contribution in [1.82, 2.24) is 35.1 Å². The highest BCUT2D eigenvalue weighted by Gasteiger charge is 2.24. The highest BCUT2D eigenvalue weighted by Crippen LogP contribution is 2.39. The van der Waals surface area contributed by atoms with Gasteiger partial charge >= 0.3 is 6.03 Å². The van der Waals surface area contributed by atoms with Gasteiger partial charge in [0.15, 0.2) is 5.88 Å². The van der Waals surface area contributed by atoms with Gasteiger partial charge in [0.1, 0.15) is 29.0 Å². The highest BCUT2D eigenvalue weighted by molar-refractivity contribution is 6.28. The molecule has 0 aliphatic carbocycles. The van der Waals surface area contributed by atoms with Crippen molar-refractivity contribution in [3.05, 3.63) is 152 Å². The fourth-order valence-electron chi connectivity index (χ4n) is 7.78. The van der Waals surface area contributed by atoms with Crippen molar-refractivity contribution in [1.29, 1.82) is 0 Å². The van der Waals surface area contributed by atoms with Crippen LogP contribution in [0.2, 0.25) is 5.28 Å². The maximum absolute atomic E-state index is 13.8. The summed E-state index contributed by atoms with van der Waals surface area (Å²) in [5.41, 5.74) is 5.58. The number of nitrogens with zero attached hydrogens (tertiary/aromatic N) is 10. The number of anilines is 11. The van der Waals surface area contributed by atoms with E-state index in [2.05, 4.69) is 88.0 Å². The minimum absolute atomic E-state index is 0.0694. The van der Waals surface area contributed by atoms with Crippen LogP contribution in [0.15, 0.2) is 141 Å². The SMILES string of the molecule is C=CC(=O)Nc1cc(Nc2nccc(N(C)C(=C)OC)n2)c(OC)cc1N(C)CCN(C)C.C=CC(=O)Nc1cccc(N(C(=O)NCc2ccccc2)c2cc(Nc3ccc(N4CCN(C)CC4)cc3OC)nc(Cl)n2)c1. The molecule has 410 valence electrons. The van der Waals surface area contributed by atoms with E-state index < -0.39 is 6.03 Å². The van der Waals surface area contributed by atoms with E-state index in [1.54, 1.807) is 81.9 Å². The first-order chi connectivity index (χ1) is 37.5. The number of piperazine rings is 1. The maximum atomic E-state index is 13.8. The van der Waals surface area contributed by atoms with Gasteiger partial charge in [0.2, 0.25) is 23.0 Å². The number of aromatic nitrogens is 4. The number of ether oxygens (including phenoxy) is 3. The minimum Gasteiger partial charge on any atom is -0.494 e. The second kappa shape index (κ2) is 28.3. The molecule has 0 atom stereocenters. The van der Waals surface area contributed by atoms with Gasteiger partial charge in [-0.15, -0.1) is 0 Å². The molecular weight excluding hydrogens is 1010 g/mol. The number of hydrogen-bond donors (Lipinski definition) is 5. The lowest BCUT2D eigenvalue weighted by Gasteiger charge is -2.34. The van der Waals surface area contributed by atoms with Crippen LogP contribution >= 0.6 is 11.6 Å². The number of benzene rings is 4. The normalized spacial score (nSPS) is 11.9. The molecule has 4 aromatic carbocycles. The summed E-state index contributed by atoms with van der Waals surface area (Å²) >= 11 is 6.43. The van der Waals surface area contributed by atoms with Gasteiger partial charge in [-0.3, -0.25) is 9.59 Å². The quantitative estimate of drug-likeness (QED) is 0.0245. The standard InChI is InChI=1S/C33H35ClN8O3.C23H33N7O3/c1-4-31(43)36-24-11-8-12-26(19-24)42(33(44)35-22-23-9-6-5-7-10-23)30-21-29(38-32(34)39-30)37-27-14-13-25(20-28(27)45-3)41-17-15-40(2)16-18-41;1-9-22(31)25-17-14-18(20(33-8)15-19(17)29(5)13-12-28(3)4)26-23-24-11-10-21(27-23)30(6)16(2)32-7/h4-14,19-21H,1,15-18,22H2,2-3H3,(H,35,44)(H,36,43)(H,37,38,39);9-11,14-15H,1-2,12-13H2,3-8H3,(H,25,31)(H,24,26,27). The zero-order valence-electron chi connectivity index (χ0n) is 45.3. The molecule has 6 aromatic rings. The number of methoxy groups -OCH3 is 3. The molecule has 78 heavy (non-hydrogen) atoms. The van der Waals surface area contributed by atoms with Crippen LogP contribution < -0.4 is 55.7 Å². The van der Waals surface area contributed by atoms with Crippen molar-refractivity contribution in [2.24, 2.45) is 0 Å². The zero-order valence-corrected chi connectivity index (χ0v) is 46.1. The summed E-state index contributed by atoms with van der Waals surface area (Å²) < 4.78 is 16.5. The summed E-state index contributed by atoms with van der Waals surface area (Å²) in [5.74, 6) is 2.46. The predicted octanol–water partition coefficient (Wildman–Crippen LogP) is 8.71. The van der Waals surface area contributed by atoms with Crippen LogP contribution in [0.3, 0.4) is 0 Å². The molecule has 1 aliphatic heterocycles. The molecule has 0 radical (unpaired) electrons. The van der Waals surface area contributed by atoms with Crippen molar-refractivity contribution < 1.29 is 28.6 Å². The fraction of sp³-hybridized carbons (Fsp3) is 0.268. The number of urea groups is 1. The molecule has 7 rings (SSSR count). The summed E-state index contributed by atoms with van der Waals surface area (Å²) in [4.78, 5) is 67.2. The number of nitrogens with one attached hydrogen (secondary N) is 5. The summed E-state index contributed by atoms with van der Waals surface area (Å²) in [6.45, 7) is 16.6. The van der Waals surface area contributed by atoms with Crippen LogP contribution in [0, 0.1) is 0 Å². The number of carbonyl (C=O) groups is 3. The molecule has 0 bridgehead atoms. The molecule has 4 amide bonds. The van der Waals surface area contributed by atoms with E-state index in [0.29, 0.717) is 63.4 Å². The van der Waals surface area contributed by atoms with E-state index in [9.17, 15) is 14.4 Å². The Morgan fingerprint density at radius 3 is 2.12 bits per heavy atom. The molecule has 5 N–H and O–H groups in total. The molecule has 1 fully saturated rings. The Kier molecular flexibility index (Phi) is 21.2. The second-order valence-corrected chi connectivity index (χ2v) is 18.2. The molecular formula is C56H68ClN15O6. The Morgan fingerprint density at radius 1 is 0.731 bits per heavy atom. The molecule has 21 nitrogen and oxygen atoms in total. The molecule has 1 saturated heterocycles. The Hall–Kier alpha value is -8.92. The van der Waals surface area contributed by atoms with Crippen molar-refractivity contribution >= 4 is 92.7 Å². The van der Waals surface area contributed by atoms with E-state index in [1.165, 1.54) is 17.1 Å². The van der Waals surface area contributed by atoms with E-state index in [1.807, 2.05) is 80.6 Å². The van der Waals surface area contributed by atoms with E-state index in [0.717, 1.165) is 56.2 Å². The smallest absolute Gasteiger partial charge is 0.327 e. The number of amides is 4. The Morgan fingerprint density at radius 2 is 1.44 bits per heavy atom. The fourth-order valence-corrected chi connectivity index (χ4v) is 7.95. The van der Waals surface area contributed by atoms with Crippen LogP contribution in [0.4, 0.5) is 68.0 Å². The van der Waals surface area contributed by atoms with Crippen molar-refractivity contribution in [2.45, 2.75) is 6.54 Å². The van der Waals surface area contributed by atoms with Crippen LogP contribution in [0.1, 0.15) is 5.56 Å². The Labute approximate surface area is 461 Å². The number of rotatable bonds is 22. The second-order valence-electron chi connectivity index (χ2n) is 17.9. The molecule has 1 aliphatic rings. The lowest BCUT2D eigenvalue weighted by molar-refractivity contribution is -0.112. The lowest BCUT2D eigenvalue weighted by Crippen LogP contribution is -2.44. The molecule has 0 unspecified atom stereocenters. The Balaban J connectivity index is 0.000000266. The largest absolute Gasteiger partial charge is 0.494 e. The number of likely N-dealkylation sites (N-methyl/N-ethyl adjacent to an activating group) is 3. The average Bonchev–Trinajstić information content (AvgIpc) is 3.46. The van der Waals surface area contributed by atoms with E-state index in [-0.39, 0.29) is 29.5 Å². The number of hydrogen-bond acceptors (Lipinski definition) is 17. The number of halogens is 1. The monoisotopic (exact) mass is 1080 g/mol. The predicted molar refractivity (Wildman–Crippen MR) is 313 cm³/mol. The van der Waals surface area contributed by atoms with Crippen LogP contribution in [0.5, 0.6) is 11.5 Å². The first-order valence-corrected chi connectivity index (χ1v) is 25.1. The maximum Gasteiger partial charge on any atom is 0.327 e. The van der Waals surface area contributed by atoms with Crippen molar-refractivity contribution in [3.8, 4) is 11.5 Å². The van der Waals surface area contributed by atoms with E-state index in [4.69, 9.17) is 25.8 Å². The third kappa shape index (κ3) is 16.3. The van der Waals surface area contributed by atoms with Crippen LogP contribution in [-0.2, 0) is 20.9 Å². The molecule has 0 spiro atoms. The third-order valence-electron chi connectivity index (χ3n) is 12.2. The van der Waals surface area contributed by atoms with Gasteiger partial charge in [0, 0.05) is 95.7 Å². The summed E-state index contributed by atoms with van der Waals surface area (Å²) in [6.07, 6.45) is 4.03. The lowest BCUT2D eigenvalue weighted by atomic mass is 10.2. The summed E-state index contributed by atoms with van der Waals surface area (Å²) in [7, 11) is 14.6. The number of carbonyl (C=O) groups excluding carboxylic acids is 3.